The molecule has 0 saturated heterocycles. The first-order valence-corrected chi connectivity index (χ1v) is 6.48. The van der Waals surface area contributed by atoms with Gasteiger partial charge in [-0.2, -0.15) is 0 Å². The number of hydrogen-bond acceptors (Lipinski definition) is 4. The van der Waals surface area contributed by atoms with Gasteiger partial charge >= 0.3 is 0 Å². The number of nitrogens with one attached hydrogen (secondary N) is 2. The molecule has 110 valence electrons. The molecule has 4 N–H and O–H groups in total. The summed E-state index contributed by atoms with van der Waals surface area (Å²) in [6.45, 7) is 1.29. The number of nitrogen functional groups attached to an aromatic ring is 1. The molecule has 0 aliphatic rings. The molecule has 0 aliphatic heterocycles. The molecular weight excluding hydrogens is 258 g/mol. The molecule has 1 aromatic rings. The summed E-state index contributed by atoms with van der Waals surface area (Å²) in [7, 11) is 1.57. The number of methoxy groups -OCH3 is 1. The van der Waals surface area contributed by atoms with E-state index < -0.39 is 0 Å². The SMILES string of the molecule is COCCNC(=O)CCNC(=O)Cc1ccc(N)cc1. The Balaban J connectivity index is 2.17. The van der Waals surface area contributed by atoms with Gasteiger partial charge in [0.05, 0.1) is 13.0 Å². The Morgan fingerprint density at radius 1 is 1.10 bits per heavy atom. The molecule has 0 saturated carbocycles. The molecule has 6 nitrogen and oxygen atoms in total. The van der Waals surface area contributed by atoms with Gasteiger partial charge in [-0.3, -0.25) is 9.59 Å². The zero-order valence-corrected chi connectivity index (χ0v) is 11.6. The summed E-state index contributed by atoms with van der Waals surface area (Å²) in [5.74, 6) is -0.214. The van der Waals surface area contributed by atoms with Crippen molar-refractivity contribution in [1.82, 2.24) is 10.6 Å². The maximum absolute atomic E-state index is 11.6. The van der Waals surface area contributed by atoms with Gasteiger partial charge in [0.15, 0.2) is 0 Å². The number of hydrogen-bond donors (Lipinski definition) is 3. The van der Waals surface area contributed by atoms with Crippen LogP contribution >= 0.6 is 0 Å². The molecule has 0 fully saturated rings. The Labute approximate surface area is 118 Å². The van der Waals surface area contributed by atoms with Gasteiger partial charge in [-0.15, -0.1) is 0 Å². The molecule has 0 aliphatic carbocycles. The number of nitrogens with two attached hydrogens (primary N) is 1. The average Bonchev–Trinajstić information content (AvgIpc) is 2.42. The minimum absolute atomic E-state index is 0.102. The fourth-order valence-corrected chi connectivity index (χ4v) is 1.58. The van der Waals surface area contributed by atoms with Crippen molar-refractivity contribution in [3.05, 3.63) is 29.8 Å². The van der Waals surface area contributed by atoms with E-state index in [0.29, 0.717) is 25.4 Å². The van der Waals surface area contributed by atoms with E-state index in [1.807, 2.05) is 12.1 Å². The van der Waals surface area contributed by atoms with E-state index >= 15 is 0 Å². The molecule has 0 atom stereocenters. The number of carbonyl (C=O) groups excluding carboxylic acids is 2. The first-order chi connectivity index (χ1) is 9.61. The highest BCUT2D eigenvalue weighted by molar-refractivity contribution is 5.80. The van der Waals surface area contributed by atoms with E-state index in [-0.39, 0.29) is 24.7 Å². The standard InChI is InChI=1S/C14H21N3O3/c1-20-9-8-17-13(18)6-7-16-14(19)10-11-2-4-12(15)5-3-11/h2-5H,6-10,15H2,1H3,(H,16,19)(H,17,18). The van der Waals surface area contributed by atoms with Crippen molar-refractivity contribution in [1.29, 1.82) is 0 Å². The highest BCUT2D eigenvalue weighted by atomic mass is 16.5. The molecule has 0 spiro atoms. The second-order valence-corrected chi connectivity index (χ2v) is 4.36. The smallest absolute Gasteiger partial charge is 0.224 e. The van der Waals surface area contributed by atoms with Gasteiger partial charge in [0.2, 0.25) is 11.8 Å². The molecule has 0 heterocycles. The third kappa shape index (κ3) is 6.75. The summed E-state index contributed by atoms with van der Waals surface area (Å²) in [5, 5.41) is 5.39. The first-order valence-electron chi connectivity index (χ1n) is 6.48. The van der Waals surface area contributed by atoms with Crippen molar-refractivity contribution in [2.75, 3.05) is 32.5 Å². The molecule has 0 aromatic heterocycles. The third-order valence-corrected chi connectivity index (χ3v) is 2.65. The van der Waals surface area contributed by atoms with Crippen LogP contribution in [0.25, 0.3) is 0 Å². The Bertz CT molecular complexity index is 432. The van der Waals surface area contributed by atoms with Gasteiger partial charge < -0.3 is 21.1 Å². The van der Waals surface area contributed by atoms with Crippen LogP contribution in [0.3, 0.4) is 0 Å². The van der Waals surface area contributed by atoms with E-state index in [4.69, 9.17) is 10.5 Å². The lowest BCUT2D eigenvalue weighted by molar-refractivity contribution is -0.122. The van der Waals surface area contributed by atoms with Gasteiger partial charge in [0, 0.05) is 32.3 Å². The van der Waals surface area contributed by atoms with Crippen molar-refractivity contribution < 1.29 is 14.3 Å². The summed E-state index contributed by atoms with van der Waals surface area (Å²) >= 11 is 0. The monoisotopic (exact) mass is 279 g/mol. The maximum Gasteiger partial charge on any atom is 0.224 e. The summed E-state index contributed by atoms with van der Waals surface area (Å²) in [6.07, 6.45) is 0.544. The summed E-state index contributed by atoms with van der Waals surface area (Å²) in [6, 6.07) is 7.14. The summed E-state index contributed by atoms with van der Waals surface area (Å²) in [4.78, 5) is 23.0. The number of carbonyl (C=O) groups is 2. The van der Waals surface area contributed by atoms with Crippen LogP contribution in [0.5, 0.6) is 0 Å². The van der Waals surface area contributed by atoms with Crippen LogP contribution in [0.1, 0.15) is 12.0 Å². The zero-order chi connectivity index (χ0) is 14.8. The molecule has 1 rings (SSSR count). The van der Waals surface area contributed by atoms with Crippen LogP contribution in [-0.2, 0) is 20.7 Å². The third-order valence-electron chi connectivity index (χ3n) is 2.65. The van der Waals surface area contributed by atoms with Gasteiger partial charge in [0.25, 0.3) is 0 Å². The molecule has 0 radical (unpaired) electrons. The number of anilines is 1. The average molecular weight is 279 g/mol. The van der Waals surface area contributed by atoms with Crippen molar-refractivity contribution in [3.63, 3.8) is 0 Å². The molecular formula is C14H21N3O3. The van der Waals surface area contributed by atoms with E-state index in [1.54, 1.807) is 19.2 Å². The number of benzene rings is 1. The number of amides is 2. The van der Waals surface area contributed by atoms with E-state index in [9.17, 15) is 9.59 Å². The number of rotatable bonds is 8. The predicted molar refractivity (Wildman–Crippen MR) is 77.1 cm³/mol. The normalized spacial score (nSPS) is 10.1. The van der Waals surface area contributed by atoms with E-state index in [2.05, 4.69) is 10.6 Å². The summed E-state index contributed by atoms with van der Waals surface area (Å²) in [5.41, 5.74) is 7.13. The Morgan fingerprint density at radius 3 is 2.40 bits per heavy atom. The first kappa shape index (κ1) is 16.0. The van der Waals surface area contributed by atoms with E-state index in [1.165, 1.54) is 0 Å². The topological polar surface area (TPSA) is 93.5 Å². The number of ether oxygens (including phenoxy) is 1. The van der Waals surface area contributed by atoms with Crippen LogP contribution in [0, 0.1) is 0 Å². The molecule has 20 heavy (non-hydrogen) atoms. The molecule has 6 heteroatoms. The maximum atomic E-state index is 11.6. The van der Waals surface area contributed by atoms with E-state index in [0.717, 1.165) is 5.56 Å². The largest absolute Gasteiger partial charge is 0.399 e. The lowest BCUT2D eigenvalue weighted by Crippen LogP contribution is -2.32. The fourth-order valence-electron chi connectivity index (χ4n) is 1.58. The van der Waals surface area contributed by atoms with Crippen molar-refractivity contribution in [3.8, 4) is 0 Å². The second kappa shape index (κ2) is 8.92. The van der Waals surface area contributed by atoms with Gasteiger partial charge in [0.1, 0.15) is 0 Å². The van der Waals surface area contributed by atoms with Crippen molar-refractivity contribution >= 4 is 17.5 Å². The van der Waals surface area contributed by atoms with Crippen molar-refractivity contribution in [2.45, 2.75) is 12.8 Å². The zero-order valence-electron chi connectivity index (χ0n) is 11.6. The van der Waals surface area contributed by atoms with Crippen LogP contribution in [-0.4, -0.2) is 38.6 Å². The van der Waals surface area contributed by atoms with Gasteiger partial charge in [-0.05, 0) is 17.7 Å². The Morgan fingerprint density at radius 2 is 1.75 bits per heavy atom. The fraction of sp³-hybridized carbons (Fsp3) is 0.429. The van der Waals surface area contributed by atoms with Crippen LogP contribution in [0.4, 0.5) is 5.69 Å². The van der Waals surface area contributed by atoms with Crippen LogP contribution in [0.2, 0.25) is 0 Å². The molecule has 1 aromatic carbocycles. The lowest BCUT2D eigenvalue weighted by Gasteiger charge is -2.06. The summed E-state index contributed by atoms with van der Waals surface area (Å²) < 4.78 is 4.82. The lowest BCUT2D eigenvalue weighted by atomic mass is 10.1. The molecule has 0 bridgehead atoms. The van der Waals surface area contributed by atoms with Gasteiger partial charge in [-0.25, -0.2) is 0 Å². The van der Waals surface area contributed by atoms with Crippen LogP contribution in [0.15, 0.2) is 24.3 Å². The minimum atomic E-state index is -0.112. The minimum Gasteiger partial charge on any atom is -0.399 e. The highest BCUT2D eigenvalue weighted by Gasteiger charge is 2.05. The quantitative estimate of drug-likeness (QED) is 0.464. The van der Waals surface area contributed by atoms with Gasteiger partial charge in [-0.1, -0.05) is 12.1 Å². The van der Waals surface area contributed by atoms with Crippen LogP contribution < -0.4 is 16.4 Å². The molecule has 0 unspecified atom stereocenters. The molecule has 2 amide bonds. The Kier molecular flexibility index (Phi) is 7.13. The second-order valence-electron chi connectivity index (χ2n) is 4.36. The Hall–Kier alpha value is -2.08. The van der Waals surface area contributed by atoms with Crippen molar-refractivity contribution in [2.24, 2.45) is 0 Å². The predicted octanol–water partition coefficient (Wildman–Crippen LogP) is 0.0802. The highest BCUT2D eigenvalue weighted by Crippen LogP contribution is 2.05.